The highest BCUT2D eigenvalue weighted by atomic mass is 16.7. The van der Waals surface area contributed by atoms with Crippen LogP contribution in [0.3, 0.4) is 0 Å². The first-order valence-electron chi connectivity index (χ1n) is 23.3. The zero-order valence-electron chi connectivity index (χ0n) is 35.6. The number of aliphatic hydroxyl groups is 6. The van der Waals surface area contributed by atoms with E-state index < -0.39 is 61.5 Å². The zero-order chi connectivity index (χ0) is 40.4. The zero-order valence-corrected chi connectivity index (χ0v) is 35.6. The van der Waals surface area contributed by atoms with Crippen LogP contribution >= 0.6 is 0 Å². The lowest BCUT2D eigenvalue weighted by atomic mass is 9.99. The fourth-order valence-corrected chi connectivity index (χ4v) is 7.70. The van der Waals surface area contributed by atoms with Crippen molar-refractivity contribution < 1.29 is 44.9 Å². The average Bonchev–Trinajstić information content (AvgIpc) is 3.18. The number of ether oxygens (including phenoxy) is 2. The molecule has 8 atom stereocenters. The summed E-state index contributed by atoms with van der Waals surface area (Å²) in [5.74, 6) is -0.580. The van der Waals surface area contributed by atoms with Crippen LogP contribution in [0.25, 0.3) is 0 Å². The van der Waals surface area contributed by atoms with Gasteiger partial charge in [-0.3, -0.25) is 4.79 Å². The van der Waals surface area contributed by atoms with Crippen LogP contribution < -0.4 is 5.32 Å². The third-order valence-corrected chi connectivity index (χ3v) is 11.6. The van der Waals surface area contributed by atoms with Gasteiger partial charge in [-0.15, -0.1) is 0 Å². The van der Waals surface area contributed by atoms with Crippen molar-refractivity contribution in [1.82, 2.24) is 5.32 Å². The molecule has 0 radical (unpaired) electrons. The summed E-state index contributed by atoms with van der Waals surface area (Å²) >= 11 is 0. The standard InChI is InChI=1S/C45H89NO9/c1-3-5-7-9-11-13-15-17-18-19-20-21-22-24-26-28-30-32-34-39(49)44(53)46-37(36-54-45-43(52)42(51)41(50)40(35-47)55-45)38(48)33-31-29-27-25-23-16-14-12-10-8-6-4-2/h37-43,45,47-52H,3-36H2,1-2H3,(H,46,53). The molecule has 0 bridgehead atoms. The Hall–Kier alpha value is -0.850. The lowest BCUT2D eigenvalue weighted by Crippen LogP contribution is -2.60. The lowest BCUT2D eigenvalue weighted by Gasteiger charge is -2.40. The van der Waals surface area contributed by atoms with E-state index in [9.17, 15) is 35.4 Å². The molecular formula is C45H89NO9. The minimum Gasteiger partial charge on any atom is -0.394 e. The molecule has 0 aliphatic carbocycles. The Morgan fingerprint density at radius 3 is 1.29 bits per heavy atom. The van der Waals surface area contributed by atoms with Crippen LogP contribution in [-0.2, 0) is 14.3 Å². The third-order valence-electron chi connectivity index (χ3n) is 11.6. The molecule has 10 heteroatoms. The maximum Gasteiger partial charge on any atom is 0.249 e. The number of amides is 1. The average molecular weight is 788 g/mol. The summed E-state index contributed by atoms with van der Waals surface area (Å²) in [5.41, 5.74) is 0. The number of rotatable bonds is 39. The van der Waals surface area contributed by atoms with E-state index in [0.29, 0.717) is 12.8 Å². The summed E-state index contributed by atoms with van der Waals surface area (Å²) in [4.78, 5) is 13.0. The van der Waals surface area contributed by atoms with Crippen LogP contribution in [0.5, 0.6) is 0 Å². The summed E-state index contributed by atoms with van der Waals surface area (Å²) in [5, 5.41) is 64.8. The molecule has 0 spiro atoms. The van der Waals surface area contributed by atoms with Gasteiger partial charge in [0.05, 0.1) is 25.4 Å². The van der Waals surface area contributed by atoms with Crippen LogP contribution in [0.15, 0.2) is 0 Å². The van der Waals surface area contributed by atoms with Crippen molar-refractivity contribution in [3.05, 3.63) is 0 Å². The van der Waals surface area contributed by atoms with Gasteiger partial charge in [0.1, 0.15) is 30.5 Å². The largest absolute Gasteiger partial charge is 0.394 e. The molecule has 0 aromatic carbocycles. The molecule has 1 fully saturated rings. The van der Waals surface area contributed by atoms with Crippen LogP contribution in [-0.4, -0.2) is 98.7 Å². The number of carbonyl (C=O) groups is 1. The highest BCUT2D eigenvalue weighted by molar-refractivity contribution is 5.80. The molecule has 55 heavy (non-hydrogen) atoms. The molecule has 0 aromatic rings. The maximum atomic E-state index is 13.0. The first-order chi connectivity index (χ1) is 26.8. The Bertz CT molecular complexity index is 849. The van der Waals surface area contributed by atoms with Crippen molar-refractivity contribution in [2.24, 2.45) is 0 Å². The fraction of sp³-hybridized carbons (Fsp3) is 0.978. The van der Waals surface area contributed by atoms with E-state index in [1.165, 1.54) is 148 Å². The maximum absolute atomic E-state index is 13.0. The quantitative estimate of drug-likeness (QED) is 0.0302. The highest BCUT2D eigenvalue weighted by Crippen LogP contribution is 2.23. The number of nitrogens with one attached hydrogen (secondary N) is 1. The molecule has 1 aliphatic heterocycles. The van der Waals surface area contributed by atoms with Crippen LogP contribution in [0.4, 0.5) is 0 Å². The van der Waals surface area contributed by atoms with Gasteiger partial charge in [-0.2, -0.15) is 0 Å². The second-order valence-corrected chi connectivity index (χ2v) is 16.7. The predicted octanol–water partition coefficient (Wildman–Crippen LogP) is 8.53. The smallest absolute Gasteiger partial charge is 0.249 e. The minimum absolute atomic E-state index is 0.250. The molecule has 1 amide bonds. The highest BCUT2D eigenvalue weighted by Gasteiger charge is 2.44. The Balaban J connectivity index is 2.35. The molecule has 7 N–H and O–H groups in total. The molecular weight excluding hydrogens is 698 g/mol. The van der Waals surface area contributed by atoms with Crippen molar-refractivity contribution >= 4 is 5.91 Å². The van der Waals surface area contributed by atoms with Gasteiger partial charge >= 0.3 is 0 Å². The van der Waals surface area contributed by atoms with E-state index in [1.54, 1.807) is 0 Å². The SMILES string of the molecule is CCCCCCCCCCCCCCCCCCCCC(O)C(=O)NC(COC1OC(CO)C(O)C(O)C1O)C(O)CCCCCCCCCCCCCC. The van der Waals surface area contributed by atoms with E-state index in [4.69, 9.17) is 9.47 Å². The molecule has 0 aromatic heterocycles. The lowest BCUT2D eigenvalue weighted by molar-refractivity contribution is -0.302. The Labute approximate surface area is 336 Å². The number of unbranched alkanes of at least 4 members (excludes halogenated alkanes) is 28. The fourth-order valence-electron chi connectivity index (χ4n) is 7.70. The van der Waals surface area contributed by atoms with Gasteiger partial charge in [0.15, 0.2) is 6.29 Å². The summed E-state index contributed by atoms with van der Waals surface area (Å²) in [6, 6.07) is -0.887. The number of hydrogen-bond donors (Lipinski definition) is 7. The van der Waals surface area contributed by atoms with E-state index in [0.717, 1.165) is 44.9 Å². The number of carbonyl (C=O) groups excluding carboxylic acids is 1. The van der Waals surface area contributed by atoms with Crippen molar-refractivity contribution in [2.45, 2.75) is 268 Å². The van der Waals surface area contributed by atoms with Gasteiger partial charge in [-0.1, -0.05) is 206 Å². The Morgan fingerprint density at radius 2 is 0.909 bits per heavy atom. The summed E-state index contributed by atoms with van der Waals surface area (Å²) in [6.07, 6.45) is 28.6. The number of aliphatic hydroxyl groups excluding tert-OH is 6. The van der Waals surface area contributed by atoms with Gasteiger partial charge in [-0.25, -0.2) is 0 Å². The Kier molecular flexibility index (Phi) is 34.4. The third kappa shape index (κ3) is 26.7. The second-order valence-electron chi connectivity index (χ2n) is 16.7. The number of hydrogen-bond acceptors (Lipinski definition) is 9. The molecule has 1 aliphatic rings. The van der Waals surface area contributed by atoms with Crippen LogP contribution in [0, 0.1) is 0 Å². The first-order valence-corrected chi connectivity index (χ1v) is 23.3. The van der Waals surface area contributed by atoms with Gasteiger partial charge < -0.3 is 45.4 Å². The van der Waals surface area contributed by atoms with E-state index in [2.05, 4.69) is 19.2 Å². The van der Waals surface area contributed by atoms with Crippen LogP contribution in [0.2, 0.25) is 0 Å². The van der Waals surface area contributed by atoms with E-state index in [1.807, 2.05) is 0 Å². The molecule has 1 saturated heterocycles. The summed E-state index contributed by atoms with van der Waals surface area (Å²) < 4.78 is 11.2. The van der Waals surface area contributed by atoms with Crippen molar-refractivity contribution in [2.75, 3.05) is 13.2 Å². The van der Waals surface area contributed by atoms with Gasteiger partial charge in [-0.05, 0) is 12.8 Å². The van der Waals surface area contributed by atoms with Crippen LogP contribution in [0.1, 0.15) is 219 Å². The van der Waals surface area contributed by atoms with Gasteiger partial charge in [0.25, 0.3) is 0 Å². The van der Waals surface area contributed by atoms with Crippen molar-refractivity contribution in [3.63, 3.8) is 0 Å². The van der Waals surface area contributed by atoms with Crippen molar-refractivity contribution in [1.29, 1.82) is 0 Å². The first kappa shape index (κ1) is 52.2. The minimum atomic E-state index is -1.59. The molecule has 10 nitrogen and oxygen atoms in total. The molecule has 328 valence electrons. The van der Waals surface area contributed by atoms with Crippen molar-refractivity contribution in [3.8, 4) is 0 Å². The van der Waals surface area contributed by atoms with Gasteiger partial charge in [0, 0.05) is 0 Å². The summed E-state index contributed by atoms with van der Waals surface area (Å²) in [6.45, 7) is 3.67. The van der Waals surface area contributed by atoms with E-state index in [-0.39, 0.29) is 6.61 Å². The Morgan fingerprint density at radius 1 is 0.545 bits per heavy atom. The molecule has 0 saturated carbocycles. The predicted molar refractivity (Wildman–Crippen MR) is 223 cm³/mol. The normalized spacial score (nSPS) is 21.8. The van der Waals surface area contributed by atoms with E-state index >= 15 is 0 Å². The van der Waals surface area contributed by atoms with Gasteiger partial charge in [0.2, 0.25) is 5.91 Å². The molecule has 1 rings (SSSR count). The topological polar surface area (TPSA) is 169 Å². The monoisotopic (exact) mass is 788 g/mol. The molecule has 1 heterocycles. The molecule has 8 unspecified atom stereocenters. The summed E-state index contributed by atoms with van der Waals surface area (Å²) in [7, 11) is 0. The second kappa shape index (κ2) is 36.2.